The van der Waals surface area contributed by atoms with Crippen LogP contribution in [0.25, 0.3) is 5.69 Å². The zero-order valence-electron chi connectivity index (χ0n) is 19.0. The third-order valence-electron chi connectivity index (χ3n) is 5.87. The van der Waals surface area contributed by atoms with Crippen LogP contribution in [0.2, 0.25) is 0 Å². The Hall–Kier alpha value is -3.66. The number of nitrogens with zero attached hydrogens (tertiary/aromatic N) is 3. The minimum atomic E-state index is -0.612. The lowest BCUT2D eigenvalue weighted by atomic mass is 9.99. The van der Waals surface area contributed by atoms with E-state index in [1.54, 1.807) is 6.92 Å². The van der Waals surface area contributed by atoms with Gasteiger partial charge in [-0.25, -0.2) is 14.3 Å². The molecule has 4 rings (SSSR count). The molecule has 10 nitrogen and oxygen atoms in total. The Balaban J connectivity index is 1.71. The molecule has 0 radical (unpaired) electrons. The highest BCUT2D eigenvalue weighted by Gasteiger charge is 2.37. The van der Waals surface area contributed by atoms with Gasteiger partial charge in [0.05, 0.1) is 30.1 Å². The maximum atomic E-state index is 13.1. The summed E-state index contributed by atoms with van der Waals surface area (Å²) in [6.07, 6.45) is 0. The van der Waals surface area contributed by atoms with Crippen molar-refractivity contribution in [3.05, 3.63) is 58.6 Å². The number of amides is 3. The molecule has 33 heavy (non-hydrogen) atoms. The minimum Gasteiger partial charge on any atom is -0.463 e. The van der Waals surface area contributed by atoms with E-state index in [0.29, 0.717) is 24.4 Å². The standard InChI is InChI=1S/C23H28N6O4/c1-4-33-22(31)17-12-25-23(32)26-18(17)13-28-11-10-24-21(30)20(28)19-14(2)27-29(15(19)3)16-8-6-5-7-9-16/h5-9,20H,4,10-13H2,1-3H3,(H,24,30)(H2,25,26,32). The van der Waals surface area contributed by atoms with E-state index in [4.69, 9.17) is 9.84 Å². The number of esters is 1. The number of carbonyl (C=O) groups is 3. The molecule has 2 aliphatic heterocycles. The summed E-state index contributed by atoms with van der Waals surface area (Å²) >= 11 is 0. The molecule has 1 saturated heterocycles. The Bertz CT molecular complexity index is 1110. The average molecular weight is 453 g/mol. The number of carbonyl (C=O) groups excluding carboxylic acids is 3. The number of rotatable bonds is 6. The number of ether oxygens (including phenoxy) is 1. The van der Waals surface area contributed by atoms with Crippen LogP contribution < -0.4 is 16.0 Å². The first-order valence-electron chi connectivity index (χ1n) is 11.0. The van der Waals surface area contributed by atoms with Gasteiger partial charge in [0, 0.05) is 36.6 Å². The van der Waals surface area contributed by atoms with E-state index in [2.05, 4.69) is 16.0 Å². The second kappa shape index (κ2) is 9.45. The fraction of sp³-hybridized carbons (Fsp3) is 0.391. The van der Waals surface area contributed by atoms with Gasteiger partial charge in [0.25, 0.3) is 0 Å². The molecule has 3 heterocycles. The van der Waals surface area contributed by atoms with Crippen molar-refractivity contribution in [2.75, 3.05) is 32.8 Å². The van der Waals surface area contributed by atoms with Crippen LogP contribution in [0.3, 0.4) is 0 Å². The molecule has 3 N–H and O–H groups in total. The lowest BCUT2D eigenvalue weighted by molar-refractivity contribution is -0.138. The second-order valence-corrected chi connectivity index (χ2v) is 7.98. The molecule has 0 spiro atoms. The number of aromatic nitrogens is 2. The van der Waals surface area contributed by atoms with Gasteiger partial charge in [0.1, 0.15) is 6.04 Å². The SMILES string of the molecule is CCOC(=O)C1=C(CN2CCNC(=O)C2c2c(C)nn(-c3ccccc3)c2C)NC(=O)NC1. The van der Waals surface area contributed by atoms with Crippen LogP contribution in [0.4, 0.5) is 4.79 Å². The van der Waals surface area contributed by atoms with Crippen molar-refractivity contribution < 1.29 is 19.1 Å². The highest BCUT2D eigenvalue weighted by atomic mass is 16.5. The molecule has 1 fully saturated rings. The van der Waals surface area contributed by atoms with Gasteiger partial charge in [-0.15, -0.1) is 0 Å². The molecule has 174 valence electrons. The van der Waals surface area contributed by atoms with Gasteiger partial charge in [-0.3, -0.25) is 9.69 Å². The van der Waals surface area contributed by atoms with Crippen LogP contribution in [0.5, 0.6) is 0 Å². The number of para-hydroxylation sites is 1. The van der Waals surface area contributed by atoms with Gasteiger partial charge in [-0.1, -0.05) is 18.2 Å². The molecule has 3 amide bonds. The monoisotopic (exact) mass is 452 g/mol. The summed E-state index contributed by atoms with van der Waals surface area (Å²) in [6, 6.07) is 8.74. The summed E-state index contributed by atoms with van der Waals surface area (Å²) in [4.78, 5) is 39.5. The van der Waals surface area contributed by atoms with E-state index in [9.17, 15) is 14.4 Å². The maximum Gasteiger partial charge on any atom is 0.337 e. The van der Waals surface area contributed by atoms with E-state index < -0.39 is 12.0 Å². The quantitative estimate of drug-likeness (QED) is 0.565. The summed E-state index contributed by atoms with van der Waals surface area (Å²) in [5.41, 5.74) is 4.13. The topological polar surface area (TPSA) is 118 Å². The smallest absolute Gasteiger partial charge is 0.337 e. The molecule has 1 aromatic carbocycles. The van der Waals surface area contributed by atoms with Crippen LogP contribution in [-0.4, -0.2) is 65.4 Å². The van der Waals surface area contributed by atoms with Crippen LogP contribution in [-0.2, 0) is 14.3 Å². The first kappa shape index (κ1) is 22.5. The van der Waals surface area contributed by atoms with Gasteiger partial charge in [-0.2, -0.15) is 5.10 Å². The third-order valence-corrected chi connectivity index (χ3v) is 5.87. The average Bonchev–Trinajstić information content (AvgIpc) is 3.09. The predicted molar refractivity (Wildman–Crippen MR) is 121 cm³/mol. The van der Waals surface area contributed by atoms with Crippen molar-refractivity contribution in [3.8, 4) is 5.69 Å². The fourth-order valence-corrected chi connectivity index (χ4v) is 4.35. The number of hydrogen-bond donors (Lipinski definition) is 3. The highest BCUT2D eigenvalue weighted by molar-refractivity contribution is 5.93. The summed E-state index contributed by atoms with van der Waals surface area (Å²) in [5, 5.41) is 13.0. The molecular weight excluding hydrogens is 424 g/mol. The summed E-state index contributed by atoms with van der Waals surface area (Å²) in [6.45, 7) is 7.10. The maximum absolute atomic E-state index is 13.1. The Labute approximate surface area is 192 Å². The second-order valence-electron chi connectivity index (χ2n) is 7.98. The number of nitrogens with one attached hydrogen (secondary N) is 3. The van der Waals surface area contributed by atoms with Gasteiger partial charge in [0.2, 0.25) is 5.91 Å². The minimum absolute atomic E-state index is 0.0781. The van der Waals surface area contributed by atoms with Crippen LogP contribution in [0, 0.1) is 13.8 Å². The molecular formula is C23H28N6O4. The Morgan fingerprint density at radius 2 is 1.94 bits per heavy atom. The highest BCUT2D eigenvalue weighted by Crippen LogP contribution is 2.31. The molecule has 1 unspecified atom stereocenters. The fourth-order valence-electron chi connectivity index (χ4n) is 4.35. The molecule has 1 atom stereocenters. The molecule has 0 bridgehead atoms. The van der Waals surface area contributed by atoms with Crippen LogP contribution >= 0.6 is 0 Å². The largest absolute Gasteiger partial charge is 0.463 e. The van der Waals surface area contributed by atoms with Crippen molar-refractivity contribution >= 4 is 17.9 Å². The molecule has 10 heteroatoms. The van der Waals surface area contributed by atoms with Crippen molar-refractivity contribution in [1.29, 1.82) is 0 Å². The normalized spacial score (nSPS) is 19.1. The van der Waals surface area contributed by atoms with Crippen molar-refractivity contribution in [1.82, 2.24) is 30.6 Å². The van der Waals surface area contributed by atoms with Gasteiger partial charge in [0.15, 0.2) is 0 Å². The van der Waals surface area contributed by atoms with Crippen molar-refractivity contribution in [2.24, 2.45) is 0 Å². The summed E-state index contributed by atoms with van der Waals surface area (Å²) < 4.78 is 6.99. The van der Waals surface area contributed by atoms with E-state index in [1.807, 2.05) is 53.8 Å². The molecule has 0 aliphatic carbocycles. The van der Waals surface area contributed by atoms with E-state index in [0.717, 1.165) is 22.6 Å². The first-order valence-corrected chi connectivity index (χ1v) is 11.0. The lowest BCUT2D eigenvalue weighted by Crippen LogP contribution is -2.53. The molecule has 0 saturated carbocycles. The molecule has 1 aromatic heterocycles. The van der Waals surface area contributed by atoms with E-state index >= 15 is 0 Å². The zero-order chi connectivity index (χ0) is 23.5. The summed E-state index contributed by atoms with van der Waals surface area (Å²) in [7, 11) is 0. The van der Waals surface area contributed by atoms with Gasteiger partial charge >= 0.3 is 12.0 Å². The summed E-state index contributed by atoms with van der Waals surface area (Å²) in [5.74, 6) is -0.624. The molecule has 2 aliphatic rings. The van der Waals surface area contributed by atoms with E-state index in [1.165, 1.54) is 0 Å². The van der Waals surface area contributed by atoms with Gasteiger partial charge < -0.3 is 20.7 Å². The van der Waals surface area contributed by atoms with E-state index in [-0.39, 0.29) is 31.6 Å². The lowest BCUT2D eigenvalue weighted by Gasteiger charge is -2.36. The van der Waals surface area contributed by atoms with Crippen LogP contribution in [0.15, 0.2) is 41.6 Å². The number of benzene rings is 1. The van der Waals surface area contributed by atoms with Crippen molar-refractivity contribution in [2.45, 2.75) is 26.8 Å². The Kier molecular flexibility index (Phi) is 6.45. The Morgan fingerprint density at radius 1 is 1.18 bits per heavy atom. The zero-order valence-corrected chi connectivity index (χ0v) is 19.0. The number of urea groups is 1. The molecule has 2 aromatic rings. The Morgan fingerprint density at radius 3 is 2.67 bits per heavy atom. The number of hydrogen-bond acceptors (Lipinski definition) is 6. The van der Waals surface area contributed by atoms with Crippen molar-refractivity contribution in [3.63, 3.8) is 0 Å². The first-order chi connectivity index (χ1) is 15.9. The predicted octanol–water partition coefficient (Wildman–Crippen LogP) is 1.09. The number of piperazine rings is 1. The number of aryl methyl sites for hydroxylation is 1. The third kappa shape index (κ3) is 4.47. The van der Waals surface area contributed by atoms with Gasteiger partial charge in [-0.05, 0) is 32.9 Å². The van der Waals surface area contributed by atoms with Crippen LogP contribution in [0.1, 0.15) is 29.9 Å².